The monoisotopic (exact) mass is 250 g/mol. The standard InChI is InChI=1S/2ClH.7Mg.12H/h2*1H;;;;;;;;;;;;;;;;;;;/q;;7*+2;12*-1/p-2. The average molecular weight is 253 g/mol. The molecule has 9 heavy (non-hydrogen) atoms. The van der Waals surface area contributed by atoms with Gasteiger partial charge in [0.15, 0.2) is 0 Å². The fraction of sp³-hybridized carbons (Fsp3) is 0. The van der Waals surface area contributed by atoms with Gasteiger partial charge in [-0.25, -0.2) is 0 Å². The Balaban J connectivity index is 0. The maximum absolute atomic E-state index is 0. The van der Waals surface area contributed by atoms with Crippen molar-refractivity contribution >= 4 is 161 Å². The molecular formula is H12Cl2Mg7. The minimum atomic E-state index is 0. The topological polar surface area (TPSA) is 0 Å². The zero-order valence-corrected chi connectivity index (χ0v) is 17.1. The first-order valence-corrected chi connectivity index (χ1v) is 0. The molecule has 0 aromatic heterocycles. The molecule has 0 amide bonds. The summed E-state index contributed by atoms with van der Waals surface area (Å²) in [5, 5.41) is 0. The van der Waals surface area contributed by atoms with Gasteiger partial charge in [-0.05, 0) is 0 Å². The fourth-order valence-electron chi connectivity index (χ4n) is 0. The summed E-state index contributed by atoms with van der Waals surface area (Å²) in [5.74, 6) is 0. The summed E-state index contributed by atoms with van der Waals surface area (Å²) >= 11 is 0. The quantitative estimate of drug-likeness (QED) is 0.376. The van der Waals surface area contributed by atoms with E-state index in [1.54, 1.807) is 0 Å². The van der Waals surface area contributed by atoms with E-state index in [1.165, 1.54) is 0 Å². The van der Waals surface area contributed by atoms with Gasteiger partial charge in [0, 0.05) is 0 Å². The van der Waals surface area contributed by atoms with Gasteiger partial charge in [-0.3, -0.25) is 0 Å². The third-order valence-electron chi connectivity index (χ3n) is 0. The summed E-state index contributed by atoms with van der Waals surface area (Å²) in [5.41, 5.74) is 0. The fourth-order valence-corrected chi connectivity index (χ4v) is 0. The average Bonchev–Trinajstić information content (AvgIpc) is 0. The van der Waals surface area contributed by atoms with Gasteiger partial charge in [0.25, 0.3) is 0 Å². The Morgan fingerprint density at radius 1 is 0.333 bits per heavy atom. The number of hydrogen-bond acceptors (Lipinski definition) is 0. The van der Waals surface area contributed by atoms with E-state index in [9.17, 15) is 0 Å². The normalized spacial score (nSPS) is 0. The molecule has 0 spiro atoms. The van der Waals surface area contributed by atoms with Gasteiger partial charge in [-0.15, -0.1) is 0 Å². The van der Waals surface area contributed by atoms with E-state index in [4.69, 9.17) is 0 Å². The first-order chi connectivity index (χ1) is 0. The van der Waals surface area contributed by atoms with Gasteiger partial charge in [0.1, 0.15) is 0 Å². The first-order valence-electron chi connectivity index (χ1n) is 0. The largest absolute Gasteiger partial charge is 2.00 e. The van der Waals surface area contributed by atoms with Gasteiger partial charge in [0.2, 0.25) is 0 Å². The molecule has 0 rings (SSSR count). The summed E-state index contributed by atoms with van der Waals surface area (Å²) in [6.45, 7) is 0. The van der Waals surface area contributed by atoms with E-state index >= 15 is 0 Å². The van der Waals surface area contributed by atoms with E-state index in [1.807, 2.05) is 0 Å². The van der Waals surface area contributed by atoms with Crippen molar-refractivity contribution in [1.82, 2.24) is 0 Å². The van der Waals surface area contributed by atoms with Crippen LogP contribution < -0.4 is 24.8 Å². The van der Waals surface area contributed by atoms with Crippen LogP contribution in [-0.2, 0) is 0 Å². The van der Waals surface area contributed by atoms with Gasteiger partial charge < -0.3 is 41.9 Å². The summed E-state index contributed by atoms with van der Waals surface area (Å²) < 4.78 is 0. The molecule has 0 fully saturated rings. The van der Waals surface area contributed by atoms with Crippen LogP contribution in [0.3, 0.4) is 0 Å². The number of rotatable bonds is 0. The predicted molar refractivity (Wildman–Crippen MR) is 53.6 cm³/mol. The molecule has 40 valence electrons. The molecule has 0 saturated carbocycles. The molecule has 0 heterocycles. The second kappa shape index (κ2) is 66.1. The molecule has 0 aromatic carbocycles. The van der Waals surface area contributed by atoms with Crippen LogP contribution in [0.15, 0.2) is 0 Å². The third-order valence-corrected chi connectivity index (χ3v) is 0. The predicted octanol–water partition coefficient (Wildman–Crippen LogP) is -7.31. The minimum Gasteiger partial charge on any atom is -1.00 e. The van der Waals surface area contributed by atoms with E-state index in [2.05, 4.69) is 0 Å². The van der Waals surface area contributed by atoms with Crippen molar-refractivity contribution in [2.75, 3.05) is 0 Å². The van der Waals surface area contributed by atoms with Crippen molar-refractivity contribution in [3.63, 3.8) is 0 Å². The van der Waals surface area contributed by atoms with Crippen molar-refractivity contribution in [3.05, 3.63) is 0 Å². The Hall–Kier alpha value is 5.94. The molecule has 0 aliphatic rings. The number of hydrogen-bond donors (Lipinski definition) is 0. The molecule has 0 nitrogen and oxygen atoms in total. The Morgan fingerprint density at radius 3 is 0.333 bits per heavy atom. The smallest absolute Gasteiger partial charge is 1.00 e. The molecule has 0 saturated heterocycles. The number of halogens is 2. The van der Waals surface area contributed by atoms with Crippen molar-refractivity contribution in [3.8, 4) is 0 Å². The third kappa shape index (κ3) is 56.3. The van der Waals surface area contributed by atoms with Crippen molar-refractivity contribution in [1.29, 1.82) is 0 Å². The Bertz CT molecular complexity index is 27.6. The van der Waals surface area contributed by atoms with Gasteiger partial charge in [-0.2, -0.15) is 0 Å². The molecule has 0 radical (unpaired) electrons. The van der Waals surface area contributed by atoms with E-state index in [0.717, 1.165) is 0 Å². The van der Waals surface area contributed by atoms with Gasteiger partial charge in [0.05, 0.1) is 0 Å². The second-order valence-corrected chi connectivity index (χ2v) is 0. The molecule has 0 aromatic rings. The van der Waals surface area contributed by atoms with Crippen molar-refractivity contribution in [2.24, 2.45) is 0 Å². The Morgan fingerprint density at radius 2 is 0.333 bits per heavy atom. The summed E-state index contributed by atoms with van der Waals surface area (Å²) in [6.07, 6.45) is 0. The molecule has 0 aliphatic heterocycles. The summed E-state index contributed by atoms with van der Waals surface area (Å²) in [4.78, 5) is 0. The van der Waals surface area contributed by atoms with Crippen LogP contribution in [0.1, 0.15) is 17.1 Å². The van der Waals surface area contributed by atoms with Crippen LogP contribution in [0, 0.1) is 0 Å². The Labute approximate surface area is 199 Å². The summed E-state index contributed by atoms with van der Waals surface area (Å²) in [7, 11) is 0. The van der Waals surface area contributed by atoms with Crippen LogP contribution in [-0.4, -0.2) is 161 Å². The second-order valence-electron chi connectivity index (χ2n) is 0. The van der Waals surface area contributed by atoms with E-state index in [0.29, 0.717) is 0 Å². The SMILES string of the molecule is [Cl-].[Cl-].[H-].[H-].[H-].[H-].[H-].[H-].[H-].[H-].[H-].[H-].[H-].[H-].[Mg+2].[Mg+2].[Mg+2].[Mg+2].[Mg+2].[Mg+2].[Mg+2]. The molecule has 0 unspecified atom stereocenters. The van der Waals surface area contributed by atoms with Crippen molar-refractivity contribution < 1.29 is 41.9 Å². The summed E-state index contributed by atoms with van der Waals surface area (Å²) in [6, 6.07) is 0. The van der Waals surface area contributed by atoms with Gasteiger partial charge in [-0.1, -0.05) is 0 Å². The molecule has 0 aliphatic carbocycles. The van der Waals surface area contributed by atoms with Gasteiger partial charge >= 0.3 is 161 Å². The molecule has 0 bridgehead atoms. The molecule has 0 N–H and O–H groups in total. The van der Waals surface area contributed by atoms with Crippen LogP contribution in [0.2, 0.25) is 0 Å². The first kappa shape index (κ1) is 82.2. The van der Waals surface area contributed by atoms with Crippen LogP contribution >= 0.6 is 0 Å². The van der Waals surface area contributed by atoms with Crippen LogP contribution in [0.4, 0.5) is 0 Å². The van der Waals surface area contributed by atoms with Crippen LogP contribution in [0.25, 0.3) is 0 Å². The maximum atomic E-state index is 0. The Kier molecular flexibility index (Phi) is 604. The van der Waals surface area contributed by atoms with Crippen molar-refractivity contribution in [2.45, 2.75) is 0 Å². The zero-order valence-electron chi connectivity index (χ0n) is 17.7. The molecule has 9 heteroatoms. The maximum Gasteiger partial charge on any atom is 2.00 e. The minimum absolute atomic E-state index is 0. The molecule has 0 atom stereocenters. The van der Waals surface area contributed by atoms with E-state index in [-0.39, 0.29) is 203 Å². The zero-order chi connectivity index (χ0) is 0. The molecular weight excluding hydrogens is 241 g/mol. The van der Waals surface area contributed by atoms with E-state index < -0.39 is 0 Å². The van der Waals surface area contributed by atoms with Crippen LogP contribution in [0.5, 0.6) is 0 Å².